The number of anilines is 2. The van der Waals surface area contributed by atoms with Crippen LogP contribution in [-0.2, 0) is 0 Å². The van der Waals surface area contributed by atoms with E-state index >= 15 is 4.79 Å². The van der Waals surface area contributed by atoms with Crippen LogP contribution in [0.5, 0.6) is 0 Å². The van der Waals surface area contributed by atoms with Crippen molar-refractivity contribution >= 4 is 17.4 Å². The molecule has 7 aliphatic rings. The SMILES string of the molecule is O=C1N2C3CCCCC3N(c3ccccc3)C3CCC4CCC5C(C4C32)N1C1CCCCC1N5c1ccccc1. The molecule has 5 nitrogen and oxygen atoms in total. The highest BCUT2D eigenvalue weighted by Gasteiger charge is 2.67. The molecule has 0 spiro atoms. The Labute approximate surface area is 239 Å². The first-order valence-corrected chi connectivity index (χ1v) is 16.6. The summed E-state index contributed by atoms with van der Waals surface area (Å²) >= 11 is 0. The minimum absolute atomic E-state index is 0.354. The van der Waals surface area contributed by atoms with Crippen molar-refractivity contribution in [3.8, 4) is 0 Å². The summed E-state index contributed by atoms with van der Waals surface area (Å²) in [7, 11) is 0. The van der Waals surface area contributed by atoms with Crippen LogP contribution in [0.15, 0.2) is 60.7 Å². The summed E-state index contributed by atoms with van der Waals surface area (Å²) in [6, 6.07) is 26.2. The summed E-state index contributed by atoms with van der Waals surface area (Å²) in [4.78, 5) is 26.0. The molecule has 2 amide bonds. The van der Waals surface area contributed by atoms with E-state index in [1.165, 1.54) is 88.4 Å². The zero-order chi connectivity index (χ0) is 26.4. The monoisotopic (exact) mass is 536 g/mol. The number of para-hydroxylation sites is 2. The standard InChI is InChI=1S/C35H44N4O/c40-35-38-28-17-9-7-15-26(28)36(24-11-3-1-4-12-24)30-21-19-23-20-22-31-34(32(23)33(30)38)39(35)29-18-10-8-16-27(29)37(31)25-13-5-2-6-14-25/h1-6,11-14,23,26-34H,7-10,15-22H2. The highest BCUT2D eigenvalue weighted by atomic mass is 16.2. The van der Waals surface area contributed by atoms with Crippen molar-refractivity contribution in [3.05, 3.63) is 60.7 Å². The van der Waals surface area contributed by atoms with Gasteiger partial charge in [-0.2, -0.15) is 0 Å². The zero-order valence-electron chi connectivity index (χ0n) is 23.7. The summed E-state index contributed by atoms with van der Waals surface area (Å²) in [6.07, 6.45) is 15.0. The third-order valence-corrected chi connectivity index (χ3v) is 12.5. The van der Waals surface area contributed by atoms with Crippen LogP contribution in [0.3, 0.4) is 0 Å². The van der Waals surface area contributed by atoms with E-state index in [4.69, 9.17) is 0 Å². The average molecular weight is 537 g/mol. The number of urea groups is 1. The molecule has 4 saturated carbocycles. The molecule has 3 aliphatic heterocycles. The number of hydrogen-bond donors (Lipinski definition) is 0. The molecule has 0 radical (unpaired) electrons. The molecule has 9 rings (SSSR count). The first-order valence-electron chi connectivity index (χ1n) is 16.6. The van der Waals surface area contributed by atoms with Gasteiger partial charge in [0.15, 0.2) is 0 Å². The minimum Gasteiger partial charge on any atom is -0.361 e. The van der Waals surface area contributed by atoms with E-state index in [9.17, 15) is 0 Å². The normalized spacial score (nSPS) is 41.6. The van der Waals surface area contributed by atoms with Gasteiger partial charge in [0.2, 0.25) is 0 Å². The van der Waals surface area contributed by atoms with Crippen molar-refractivity contribution in [1.82, 2.24) is 9.80 Å². The second kappa shape index (κ2) is 9.16. The van der Waals surface area contributed by atoms with Gasteiger partial charge in [-0.1, -0.05) is 62.1 Å². The molecule has 0 N–H and O–H groups in total. The highest BCUT2D eigenvalue weighted by molar-refractivity contribution is 5.80. The Morgan fingerprint density at radius 1 is 0.450 bits per heavy atom. The molecule has 7 fully saturated rings. The van der Waals surface area contributed by atoms with Crippen LogP contribution in [0.4, 0.5) is 16.2 Å². The van der Waals surface area contributed by atoms with E-state index < -0.39 is 0 Å². The Bertz CT molecular complexity index is 1160. The van der Waals surface area contributed by atoms with Crippen LogP contribution in [0.2, 0.25) is 0 Å². The maximum absolute atomic E-state index is 15.1. The van der Waals surface area contributed by atoms with Gasteiger partial charge in [-0.3, -0.25) is 0 Å². The van der Waals surface area contributed by atoms with Crippen LogP contribution in [0, 0.1) is 11.8 Å². The van der Waals surface area contributed by atoms with E-state index in [-0.39, 0.29) is 0 Å². The predicted octanol–water partition coefficient (Wildman–Crippen LogP) is 6.68. The molecule has 210 valence electrons. The number of fused-ring (bicyclic) bond motifs is 4. The second-order valence-corrected chi connectivity index (χ2v) is 14.0. The summed E-state index contributed by atoms with van der Waals surface area (Å²) in [5.41, 5.74) is 2.79. The quantitative estimate of drug-likeness (QED) is 0.429. The Balaban J connectivity index is 1.20. The summed E-state index contributed by atoms with van der Waals surface area (Å²) in [5, 5.41) is 0. The van der Waals surface area contributed by atoms with E-state index in [1.807, 2.05) is 0 Å². The molecular formula is C35H44N4O. The summed E-state index contributed by atoms with van der Waals surface area (Å²) in [5.74, 6) is 1.33. The van der Waals surface area contributed by atoms with Crippen molar-refractivity contribution in [2.24, 2.45) is 11.8 Å². The lowest BCUT2D eigenvalue weighted by atomic mass is 9.57. The molecule has 8 unspecified atom stereocenters. The largest absolute Gasteiger partial charge is 0.361 e. The Morgan fingerprint density at radius 3 is 1.27 bits per heavy atom. The van der Waals surface area contributed by atoms with E-state index in [0.717, 1.165) is 5.92 Å². The average Bonchev–Trinajstić information content (AvgIpc) is 3.02. The van der Waals surface area contributed by atoms with E-state index in [1.54, 1.807) is 0 Å². The highest BCUT2D eigenvalue weighted by Crippen LogP contribution is 2.57. The van der Waals surface area contributed by atoms with Crippen molar-refractivity contribution in [2.45, 2.75) is 125 Å². The van der Waals surface area contributed by atoms with E-state index in [0.29, 0.717) is 60.3 Å². The van der Waals surface area contributed by atoms with Gasteiger partial charge in [-0.15, -0.1) is 0 Å². The third-order valence-electron chi connectivity index (χ3n) is 12.5. The first kappa shape index (κ1) is 24.0. The fourth-order valence-corrected chi connectivity index (χ4v) is 11.3. The maximum atomic E-state index is 15.1. The molecule has 40 heavy (non-hydrogen) atoms. The molecule has 0 bridgehead atoms. The number of amides is 2. The second-order valence-electron chi connectivity index (χ2n) is 14.0. The molecular weight excluding hydrogens is 492 g/mol. The molecule has 4 aliphatic carbocycles. The molecule has 5 heteroatoms. The van der Waals surface area contributed by atoms with Gasteiger partial charge in [0, 0.05) is 29.4 Å². The summed E-state index contributed by atoms with van der Waals surface area (Å²) < 4.78 is 0. The van der Waals surface area contributed by atoms with Crippen molar-refractivity contribution in [2.75, 3.05) is 9.80 Å². The van der Waals surface area contributed by atoms with Gasteiger partial charge in [-0.05, 0) is 81.5 Å². The third kappa shape index (κ3) is 3.24. The van der Waals surface area contributed by atoms with Crippen LogP contribution in [0.1, 0.15) is 77.0 Å². The molecule has 3 saturated heterocycles. The maximum Gasteiger partial charge on any atom is 0.321 e. The van der Waals surface area contributed by atoms with Gasteiger partial charge < -0.3 is 19.6 Å². The van der Waals surface area contributed by atoms with Crippen LogP contribution >= 0.6 is 0 Å². The number of hydrogen-bond acceptors (Lipinski definition) is 3. The van der Waals surface area contributed by atoms with Crippen LogP contribution < -0.4 is 9.80 Å². The lowest BCUT2D eigenvalue weighted by Gasteiger charge is -2.72. The number of nitrogens with zero attached hydrogens (tertiary/aromatic N) is 4. The topological polar surface area (TPSA) is 30.0 Å². The fourth-order valence-electron chi connectivity index (χ4n) is 11.3. The van der Waals surface area contributed by atoms with Crippen LogP contribution in [0.25, 0.3) is 0 Å². The molecule has 8 atom stereocenters. The number of piperazine rings is 2. The van der Waals surface area contributed by atoms with Gasteiger partial charge in [-0.25, -0.2) is 4.79 Å². The minimum atomic E-state index is 0.354. The Hall–Kier alpha value is -2.69. The molecule has 2 aromatic rings. The number of carbonyl (C=O) groups excluding carboxylic acids is 1. The van der Waals surface area contributed by atoms with Crippen molar-refractivity contribution in [3.63, 3.8) is 0 Å². The fraction of sp³-hybridized carbons (Fsp3) is 0.629. The van der Waals surface area contributed by atoms with Gasteiger partial charge in [0.1, 0.15) is 0 Å². The number of carbonyl (C=O) groups is 1. The Kier molecular flexibility index (Phi) is 5.49. The van der Waals surface area contributed by atoms with Crippen LogP contribution in [-0.4, -0.2) is 64.2 Å². The number of benzene rings is 2. The number of rotatable bonds is 2. The van der Waals surface area contributed by atoms with Crippen molar-refractivity contribution < 1.29 is 4.79 Å². The molecule has 0 aromatic heterocycles. The van der Waals surface area contributed by atoms with E-state index in [2.05, 4.69) is 80.3 Å². The van der Waals surface area contributed by atoms with Gasteiger partial charge in [0.25, 0.3) is 0 Å². The lowest BCUT2D eigenvalue weighted by molar-refractivity contribution is -0.123. The molecule has 3 heterocycles. The van der Waals surface area contributed by atoms with Crippen molar-refractivity contribution in [1.29, 1.82) is 0 Å². The lowest BCUT2D eigenvalue weighted by Crippen LogP contribution is -2.85. The summed E-state index contributed by atoms with van der Waals surface area (Å²) in [6.45, 7) is 0. The predicted molar refractivity (Wildman–Crippen MR) is 160 cm³/mol. The zero-order valence-corrected chi connectivity index (χ0v) is 23.7. The smallest absolute Gasteiger partial charge is 0.321 e. The van der Waals surface area contributed by atoms with Gasteiger partial charge >= 0.3 is 6.03 Å². The molecule has 2 aromatic carbocycles. The van der Waals surface area contributed by atoms with Gasteiger partial charge in [0.05, 0.1) is 36.3 Å². The Morgan fingerprint density at radius 2 is 0.850 bits per heavy atom. The first-order chi connectivity index (χ1) is 19.8.